The van der Waals surface area contributed by atoms with Gasteiger partial charge in [-0.25, -0.2) is 5.01 Å². The maximum Gasteiger partial charge on any atom is 0.131 e. The lowest BCUT2D eigenvalue weighted by atomic mass is 9.71. The minimum atomic E-state index is -0.504. The average Bonchev–Trinajstić information content (AvgIpc) is 3.19. The second-order valence-corrected chi connectivity index (χ2v) is 6.90. The number of hydrazone groups is 1. The Morgan fingerprint density at radius 1 is 1.15 bits per heavy atom. The minimum Gasteiger partial charge on any atom is -0.326 e. The van der Waals surface area contributed by atoms with Gasteiger partial charge in [-0.05, 0) is 30.5 Å². The van der Waals surface area contributed by atoms with Crippen molar-refractivity contribution in [2.24, 2.45) is 10.8 Å². The van der Waals surface area contributed by atoms with Crippen molar-refractivity contribution in [3.05, 3.63) is 71.8 Å². The molecule has 3 atom stereocenters. The number of piperidine rings is 1. The molecule has 0 amide bonds. The lowest BCUT2D eigenvalue weighted by Gasteiger charge is -2.51. The van der Waals surface area contributed by atoms with Crippen molar-refractivity contribution < 1.29 is 4.84 Å². The second kappa shape index (κ2) is 7.66. The zero-order valence-corrected chi connectivity index (χ0v) is 15.5. The van der Waals surface area contributed by atoms with Gasteiger partial charge in [-0.3, -0.25) is 4.84 Å². The van der Waals surface area contributed by atoms with Gasteiger partial charge >= 0.3 is 0 Å². The molecule has 1 fully saturated rings. The van der Waals surface area contributed by atoms with Gasteiger partial charge in [-0.15, -0.1) is 5.10 Å². The summed E-state index contributed by atoms with van der Waals surface area (Å²) in [6.07, 6.45) is 3.74. The van der Waals surface area contributed by atoms with Gasteiger partial charge in [0.1, 0.15) is 6.34 Å². The largest absolute Gasteiger partial charge is 0.326 e. The molecule has 7 heteroatoms. The van der Waals surface area contributed by atoms with E-state index >= 15 is 0 Å². The average molecular weight is 366 g/mol. The highest BCUT2D eigenvalue weighted by Gasteiger charge is 2.51. The zero-order chi connectivity index (χ0) is 18.7. The maximum absolute atomic E-state index is 6.83. The van der Waals surface area contributed by atoms with Crippen molar-refractivity contribution in [3.8, 4) is 0 Å². The van der Waals surface area contributed by atoms with E-state index in [4.69, 9.17) is 10.6 Å². The maximum atomic E-state index is 6.83. The van der Waals surface area contributed by atoms with Crippen molar-refractivity contribution in [3.63, 3.8) is 0 Å². The summed E-state index contributed by atoms with van der Waals surface area (Å²) >= 11 is 0. The van der Waals surface area contributed by atoms with E-state index in [0.717, 1.165) is 30.5 Å². The van der Waals surface area contributed by atoms with E-state index in [-0.39, 0.29) is 12.1 Å². The van der Waals surface area contributed by atoms with E-state index in [0.29, 0.717) is 0 Å². The van der Waals surface area contributed by atoms with Crippen LogP contribution in [0.2, 0.25) is 0 Å². The Bertz CT molecular complexity index is 771. The van der Waals surface area contributed by atoms with Gasteiger partial charge in [0.05, 0.1) is 18.7 Å². The summed E-state index contributed by atoms with van der Waals surface area (Å²) in [7, 11) is 1.61. The number of hydrogen-bond donors (Lipinski definition) is 3. The highest BCUT2D eigenvalue weighted by Crippen LogP contribution is 2.44. The minimum absolute atomic E-state index is 0.0773. The van der Waals surface area contributed by atoms with Crippen LogP contribution in [0.25, 0.3) is 0 Å². The van der Waals surface area contributed by atoms with Crippen LogP contribution in [0.5, 0.6) is 0 Å². The number of nitrogens with two attached hydrogens (primary N) is 1. The van der Waals surface area contributed by atoms with Gasteiger partial charge in [0.15, 0.2) is 0 Å². The first-order valence-corrected chi connectivity index (χ1v) is 9.30. The van der Waals surface area contributed by atoms with Crippen LogP contribution in [0.3, 0.4) is 0 Å². The van der Waals surface area contributed by atoms with Gasteiger partial charge in [-0.1, -0.05) is 60.7 Å². The summed E-state index contributed by atoms with van der Waals surface area (Å²) in [5.41, 5.74) is 11.5. The van der Waals surface area contributed by atoms with Gasteiger partial charge in [0.25, 0.3) is 0 Å². The van der Waals surface area contributed by atoms with Crippen molar-refractivity contribution in [1.29, 1.82) is 0 Å². The predicted octanol–water partition coefficient (Wildman–Crippen LogP) is 1.88. The Kier molecular flexibility index (Phi) is 5.09. The summed E-state index contributed by atoms with van der Waals surface area (Å²) in [4.78, 5) is 5.49. The number of nitrogens with one attached hydrogen (secondary N) is 2. The number of nitrogens with zero attached hydrogens (tertiary/aromatic N) is 3. The molecule has 1 unspecified atom stereocenters. The molecule has 2 aromatic rings. The van der Waals surface area contributed by atoms with Crippen molar-refractivity contribution >= 4 is 6.34 Å². The summed E-state index contributed by atoms with van der Waals surface area (Å²) in [5.74, 6) is 0. The first-order valence-electron chi connectivity index (χ1n) is 9.30. The lowest BCUT2D eigenvalue weighted by molar-refractivity contribution is -0.281. The van der Waals surface area contributed by atoms with E-state index in [2.05, 4.69) is 52.4 Å². The van der Waals surface area contributed by atoms with E-state index in [9.17, 15) is 0 Å². The molecule has 142 valence electrons. The van der Waals surface area contributed by atoms with Crippen LogP contribution in [-0.4, -0.2) is 36.3 Å². The Labute approximate surface area is 159 Å². The predicted molar refractivity (Wildman–Crippen MR) is 105 cm³/mol. The Hall–Kier alpha value is -2.45. The fourth-order valence-electron chi connectivity index (χ4n) is 4.26. The number of hydrogen-bond acceptors (Lipinski definition) is 7. The van der Waals surface area contributed by atoms with Crippen molar-refractivity contribution in [1.82, 2.24) is 21.1 Å². The summed E-state index contributed by atoms with van der Waals surface area (Å²) in [6, 6.07) is 20.6. The van der Waals surface area contributed by atoms with Gasteiger partial charge < -0.3 is 11.1 Å². The normalized spacial score (nSPS) is 26.7. The van der Waals surface area contributed by atoms with Gasteiger partial charge in [0, 0.05) is 11.3 Å². The highest BCUT2D eigenvalue weighted by molar-refractivity contribution is 5.57. The molecule has 2 aliphatic rings. The number of rotatable bonds is 5. The SMILES string of the molecule is CON1NN=CN1C(c1ccccc1)[C@@]1(c2ccccc2)NCCC[C@@H]1N. The van der Waals surface area contributed by atoms with Crippen molar-refractivity contribution in [2.75, 3.05) is 13.7 Å². The molecule has 0 aromatic heterocycles. The second-order valence-electron chi connectivity index (χ2n) is 6.90. The molecular weight excluding hydrogens is 340 g/mol. The van der Waals surface area contributed by atoms with Gasteiger partial charge in [-0.2, -0.15) is 5.53 Å². The van der Waals surface area contributed by atoms with E-state index in [1.165, 1.54) is 5.28 Å². The molecule has 0 radical (unpaired) electrons. The van der Waals surface area contributed by atoms with E-state index in [1.54, 1.807) is 13.4 Å². The van der Waals surface area contributed by atoms with Crippen LogP contribution in [0.4, 0.5) is 0 Å². The fraction of sp³-hybridized carbons (Fsp3) is 0.350. The molecule has 4 rings (SSSR count). The molecular formula is C20H26N6O. The van der Waals surface area contributed by atoms with E-state index < -0.39 is 5.54 Å². The smallest absolute Gasteiger partial charge is 0.131 e. The molecule has 1 saturated heterocycles. The van der Waals surface area contributed by atoms with Crippen LogP contribution in [-0.2, 0) is 10.4 Å². The standard InChI is InChI=1S/C20H26N6O/c1-27-26-24-23-15-25(26)19(16-9-4-2-5-10-16)20(17-11-6-3-7-12-17)18(21)13-8-14-22-20/h2-7,9-12,15,18-19,22,24H,8,13-14,21H2,1H3/t18-,19?,20-/m0/s1. The topological polar surface area (TPSA) is 78.2 Å². The number of hydrazine groups is 2. The van der Waals surface area contributed by atoms with Crippen LogP contribution >= 0.6 is 0 Å². The van der Waals surface area contributed by atoms with Crippen LogP contribution < -0.4 is 16.6 Å². The summed E-state index contributed by atoms with van der Waals surface area (Å²) in [5, 5.41) is 11.5. The molecule has 2 heterocycles. The number of benzene rings is 2. The van der Waals surface area contributed by atoms with Crippen LogP contribution in [0, 0.1) is 0 Å². The highest BCUT2D eigenvalue weighted by atomic mass is 16.7. The molecule has 2 aromatic carbocycles. The quantitative estimate of drug-likeness (QED) is 0.750. The first kappa shape index (κ1) is 17.9. The zero-order valence-electron chi connectivity index (χ0n) is 15.5. The monoisotopic (exact) mass is 366 g/mol. The molecule has 2 aliphatic heterocycles. The molecule has 27 heavy (non-hydrogen) atoms. The lowest BCUT2D eigenvalue weighted by Crippen LogP contribution is -2.66. The summed E-state index contributed by atoms with van der Waals surface area (Å²) < 4.78 is 0. The van der Waals surface area contributed by atoms with Crippen LogP contribution in [0.1, 0.15) is 30.0 Å². The Morgan fingerprint density at radius 3 is 2.52 bits per heavy atom. The molecule has 7 nitrogen and oxygen atoms in total. The third kappa shape index (κ3) is 3.08. The van der Waals surface area contributed by atoms with Crippen molar-refractivity contribution in [2.45, 2.75) is 30.5 Å². The van der Waals surface area contributed by atoms with Gasteiger partial charge in [0.2, 0.25) is 0 Å². The first-order chi connectivity index (χ1) is 13.3. The Morgan fingerprint density at radius 2 is 1.85 bits per heavy atom. The third-order valence-corrected chi connectivity index (χ3v) is 5.46. The fourth-order valence-corrected chi connectivity index (χ4v) is 4.26. The van der Waals surface area contributed by atoms with Crippen LogP contribution in [0.15, 0.2) is 65.8 Å². The Balaban J connectivity index is 1.91. The molecule has 4 N–H and O–H groups in total. The van der Waals surface area contributed by atoms with E-state index in [1.807, 2.05) is 29.3 Å². The molecule has 0 spiro atoms. The molecule has 0 saturated carbocycles. The molecule has 0 bridgehead atoms. The third-order valence-electron chi connectivity index (χ3n) is 5.46. The summed E-state index contributed by atoms with van der Waals surface area (Å²) in [6.45, 7) is 0.900. The molecule has 0 aliphatic carbocycles.